The number of carbonyl (C=O) groups excluding carboxylic acids is 1. The van der Waals surface area contributed by atoms with E-state index in [9.17, 15) is 4.79 Å². The van der Waals surface area contributed by atoms with E-state index in [1.165, 1.54) is 0 Å². The SMILES string of the molecule is CC1(C)CCN(c2ccc(-c3ccccc3)nn2)C(=O)C1. The summed E-state index contributed by atoms with van der Waals surface area (Å²) in [5.41, 5.74) is 1.94. The van der Waals surface area contributed by atoms with E-state index in [1.807, 2.05) is 42.5 Å². The lowest BCUT2D eigenvalue weighted by Gasteiger charge is -2.35. The van der Waals surface area contributed by atoms with Gasteiger partial charge in [0.15, 0.2) is 5.82 Å². The van der Waals surface area contributed by atoms with Gasteiger partial charge in [0.2, 0.25) is 5.91 Å². The van der Waals surface area contributed by atoms with Gasteiger partial charge < -0.3 is 0 Å². The fourth-order valence-corrected chi connectivity index (χ4v) is 2.61. The Morgan fingerprint density at radius 1 is 1.05 bits per heavy atom. The van der Waals surface area contributed by atoms with Gasteiger partial charge in [-0.15, -0.1) is 10.2 Å². The zero-order valence-electron chi connectivity index (χ0n) is 12.4. The van der Waals surface area contributed by atoms with Crippen LogP contribution in [0.4, 0.5) is 5.82 Å². The number of rotatable bonds is 2. The molecule has 1 aromatic carbocycles. The van der Waals surface area contributed by atoms with Crippen LogP contribution in [-0.2, 0) is 4.79 Å². The minimum Gasteiger partial charge on any atom is -0.295 e. The zero-order chi connectivity index (χ0) is 14.9. The molecule has 1 aliphatic heterocycles. The van der Waals surface area contributed by atoms with Crippen molar-refractivity contribution < 1.29 is 4.79 Å². The van der Waals surface area contributed by atoms with Crippen LogP contribution >= 0.6 is 0 Å². The summed E-state index contributed by atoms with van der Waals surface area (Å²) in [6, 6.07) is 13.7. The van der Waals surface area contributed by atoms with Crippen LogP contribution in [0.2, 0.25) is 0 Å². The van der Waals surface area contributed by atoms with Crippen LogP contribution in [-0.4, -0.2) is 22.6 Å². The monoisotopic (exact) mass is 281 g/mol. The second-order valence-electron chi connectivity index (χ2n) is 6.28. The lowest BCUT2D eigenvalue weighted by molar-refractivity contribution is -0.122. The Hall–Kier alpha value is -2.23. The van der Waals surface area contributed by atoms with Crippen molar-refractivity contribution in [3.63, 3.8) is 0 Å². The maximum Gasteiger partial charge on any atom is 0.228 e. The Bertz CT molecular complexity index is 635. The first-order valence-corrected chi connectivity index (χ1v) is 7.25. The van der Waals surface area contributed by atoms with Crippen LogP contribution in [0, 0.1) is 5.41 Å². The molecule has 3 rings (SSSR count). The van der Waals surface area contributed by atoms with Gasteiger partial charge in [-0.1, -0.05) is 44.2 Å². The van der Waals surface area contributed by atoms with Gasteiger partial charge in [0.25, 0.3) is 0 Å². The first kappa shape index (κ1) is 13.7. The quantitative estimate of drug-likeness (QED) is 0.848. The molecule has 0 aliphatic carbocycles. The summed E-state index contributed by atoms with van der Waals surface area (Å²) >= 11 is 0. The van der Waals surface area contributed by atoms with E-state index in [2.05, 4.69) is 24.0 Å². The molecule has 108 valence electrons. The number of amides is 1. The topological polar surface area (TPSA) is 46.1 Å². The van der Waals surface area contributed by atoms with Crippen molar-refractivity contribution in [2.75, 3.05) is 11.4 Å². The molecule has 2 heterocycles. The van der Waals surface area contributed by atoms with Crippen LogP contribution in [0.5, 0.6) is 0 Å². The van der Waals surface area contributed by atoms with Crippen molar-refractivity contribution in [1.82, 2.24) is 10.2 Å². The van der Waals surface area contributed by atoms with Gasteiger partial charge in [-0.25, -0.2) is 0 Å². The summed E-state index contributed by atoms with van der Waals surface area (Å²) in [6.07, 6.45) is 1.55. The zero-order valence-corrected chi connectivity index (χ0v) is 12.4. The number of aromatic nitrogens is 2. The molecular formula is C17H19N3O. The summed E-state index contributed by atoms with van der Waals surface area (Å²) in [5.74, 6) is 0.781. The highest BCUT2D eigenvalue weighted by atomic mass is 16.2. The molecule has 1 aliphatic rings. The van der Waals surface area contributed by atoms with Crippen LogP contribution in [0.15, 0.2) is 42.5 Å². The van der Waals surface area contributed by atoms with Gasteiger partial charge >= 0.3 is 0 Å². The van der Waals surface area contributed by atoms with Gasteiger partial charge in [0.05, 0.1) is 5.69 Å². The van der Waals surface area contributed by atoms with Crippen molar-refractivity contribution in [3.8, 4) is 11.3 Å². The van der Waals surface area contributed by atoms with Gasteiger partial charge in [-0.2, -0.15) is 0 Å². The highest BCUT2D eigenvalue weighted by molar-refractivity contribution is 5.93. The minimum atomic E-state index is 0.0883. The third-order valence-electron chi connectivity index (χ3n) is 3.94. The number of hydrogen-bond acceptors (Lipinski definition) is 3. The fourth-order valence-electron chi connectivity index (χ4n) is 2.61. The largest absolute Gasteiger partial charge is 0.295 e. The molecule has 1 fully saturated rings. The molecule has 0 bridgehead atoms. The van der Waals surface area contributed by atoms with Crippen molar-refractivity contribution >= 4 is 11.7 Å². The standard InChI is InChI=1S/C17H19N3O/c1-17(2)10-11-20(16(21)12-17)15-9-8-14(18-19-15)13-6-4-3-5-7-13/h3-9H,10-12H2,1-2H3. The van der Waals surface area contributed by atoms with Crippen LogP contribution in [0.1, 0.15) is 26.7 Å². The summed E-state index contributed by atoms with van der Waals surface area (Å²) < 4.78 is 0. The lowest BCUT2D eigenvalue weighted by atomic mass is 9.82. The molecule has 0 radical (unpaired) electrons. The molecule has 4 heteroatoms. The number of nitrogens with zero attached hydrogens (tertiary/aromatic N) is 3. The summed E-state index contributed by atoms with van der Waals surface area (Å²) in [5, 5.41) is 8.48. The number of anilines is 1. The van der Waals surface area contributed by atoms with Crippen molar-refractivity contribution in [3.05, 3.63) is 42.5 Å². The molecule has 1 amide bonds. The van der Waals surface area contributed by atoms with E-state index in [1.54, 1.807) is 4.90 Å². The maximum atomic E-state index is 12.2. The molecule has 0 spiro atoms. The number of carbonyl (C=O) groups is 1. The van der Waals surface area contributed by atoms with Gasteiger partial charge in [-0.05, 0) is 24.0 Å². The highest BCUT2D eigenvalue weighted by Gasteiger charge is 2.32. The Morgan fingerprint density at radius 2 is 1.81 bits per heavy atom. The molecule has 2 aromatic rings. The molecule has 0 saturated carbocycles. The fraction of sp³-hybridized carbons (Fsp3) is 0.353. The van der Waals surface area contributed by atoms with Crippen molar-refractivity contribution in [2.24, 2.45) is 5.41 Å². The van der Waals surface area contributed by atoms with E-state index in [0.29, 0.717) is 18.8 Å². The Labute approximate surface area is 124 Å². The van der Waals surface area contributed by atoms with Crippen LogP contribution < -0.4 is 4.90 Å². The first-order chi connectivity index (χ1) is 10.1. The van der Waals surface area contributed by atoms with Gasteiger partial charge in [0, 0.05) is 18.5 Å². The summed E-state index contributed by atoms with van der Waals surface area (Å²) in [7, 11) is 0. The Balaban J connectivity index is 1.80. The average Bonchev–Trinajstić information content (AvgIpc) is 2.48. The molecule has 1 aromatic heterocycles. The number of benzene rings is 1. The predicted molar refractivity (Wildman–Crippen MR) is 82.8 cm³/mol. The van der Waals surface area contributed by atoms with E-state index >= 15 is 0 Å². The number of piperidine rings is 1. The minimum absolute atomic E-state index is 0.0883. The highest BCUT2D eigenvalue weighted by Crippen LogP contribution is 2.32. The second-order valence-corrected chi connectivity index (χ2v) is 6.28. The van der Waals surface area contributed by atoms with Crippen molar-refractivity contribution in [2.45, 2.75) is 26.7 Å². The Kier molecular flexibility index (Phi) is 3.45. The maximum absolute atomic E-state index is 12.2. The number of hydrogen-bond donors (Lipinski definition) is 0. The van der Waals surface area contributed by atoms with E-state index < -0.39 is 0 Å². The van der Waals surface area contributed by atoms with Crippen molar-refractivity contribution in [1.29, 1.82) is 0 Å². The van der Waals surface area contributed by atoms with E-state index in [0.717, 1.165) is 17.7 Å². The molecule has 0 atom stereocenters. The molecule has 0 unspecified atom stereocenters. The normalized spacial score (nSPS) is 17.8. The Morgan fingerprint density at radius 3 is 2.43 bits per heavy atom. The molecule has 4 nitrogen and oxygen atoms in total. The smallest absolute Gasteiger partial charge is 0.228 e. The summed E-state index contributed by atoms with van der Waals surface area (Å²) in [4.78, 5) is 14.0. The lowest BCUT2D eigenvalue weighted by Crippen LogP contribution is -2.42. The third kappa shape index (κ3) is 2.94. The molecule has 21 heavy (non-hydrogen) atoms. The van der Waals surface area contributed by atoms with E-state index in [4.69, 9.17) is 0 Å². The van der Waals surface area contributed by atoms with Crippen LogP contribution in [0.3, 0.4) is 0 Å². The third-order valence-corrected chi connectivity index (χ3v) is 3.94. The molecule has 1 saturated heterocycles. The van der Waals surface area contributed by atoms with Gasteiger partial charge in [-0.3, -0.25) is 9.69 Å². The van der Waals surface area contributed by atoms with Crippen LogP contribution in [0.25, 0.3) is 11.3 Å². The molecule has 0 N–H and O–H groups in total. The second kappa shape index (κ2) is 5.28. The molecular weight excluding hydrogens is 262 g/mol. The van der Waals surface area contributed by atoms with E-state index in [-0.39, 0.29) is 11.3 Å². The van der Waals surface area contributed by atoms with Gasteiger partial charge in [0.1, 0.15) is 0 Å². The predicted octanol–water partition coefficient (Wildman–Crippen LogP) is 3.30. The summed E-state index contributed by atoms with van der Waals surface area (Å²) in [6.45, 7) is 4.98. The average molecular weight is 281 g/mol. The first-order valence-electron chi connectivity index (χ1n) is 7.25.